The molecule has 1 heterocycles. The van der Waals surface area contributed by atoms with Crippen LogP contribution in [0.5, 0.6) is 11.5 Å². The zero-order valence-electron chi connectivity index (χ0n) is 16.6. The van der Waals surface area contributed by atoms with E-state index in [9.17, 15) is 4.79 Å². The molecule has 0 radical (unpaired) electrons. The van der Waals surface area contributed by atoms with E-state index in [1.165, 1.54) is 11.3 Å². The molecule has 0 unspecified atom stereocenters. The van der Waals surface area contributed by atoms with Gasteiger partial charge in [0.25, 0.3) is 5.91 Å². The third-order valence-electron chi connectivity index (χ3n) is 5.13. The summed E-state index contributed by atoms with van der Waals surface area (Å²) in [4.78, 5) is 17.3. The molecule has 0 aromatic heterocycles. The van der Waals surface area contributed by atoms with Gasteiger partial charge in [-0.3, -0.25) is 4.79 Å². The van der Waals surface area contributed by atoms with Crippen LogP contribution in [-0.4, -0.2) is 51.2 Å². The summed E-state index contributed by atoms with van der Waals surface area (Å²) in [5.74, 6) is 1.58. The fraction of sp³-hybridized carbons (Fsp3) is 0.409. The lowest BCUT2D eigenvalue weighted by molar-refractivity contribution is 0.0740. The monoisotopic (exact) mass is 368 g/mol. The predicted molar refractivity (Wildman–Crippen MR) is 108 cm³/mol. The maximum absolute atomic E-state index is 13.1. The lowest BCUT2D eigenvalue weighted by Crippen LogP contribution is -2.48. The molecule has 27 heavy (non-hydrogen) atoms. The number of piperazine rings is 1. The Kier molecular flexibility index (Phi) is 5.89. The highest BCUT2D eigenvalue weighted by molar-refractivity contribution is 5.99. The van der Waals surface area contributed by atoms with E-state index in [0.717, 1.165) is 13.1 Å². The van der Waals surface area contributed by atoms with Crippen LogP contribution in [0.3, 0.4) is 0 Å². The number of amides is 1. The van der Waals surface area contributed by atoms with Gasteiger partial charge in [0.15, 0.2) is 0 Å². The maximum Gasteiger partial charge on any atom is 0.261 e. The molecule has 0 N–H and O–H groups in total. The van der Waals surface area contributed by atoms with Crippen molar-refractivity contribution in [2.24, 2.45) is 0 Å². The van der Waals surface area contributed by atoms with Gasteiger partial charge >= 0.3 is 0 Å². The Labute approximate surface area is 161 Å². The summed E-state index contributed by atoms with van der Waals surface area (Å²) in [6.45, 7) is 7.36. The van der Waals surface area contributed by atoms with Gasteiger partial charge in [-0.1, -0.05) is 32.0 Å². The first-order chi connectivity index (χ1) is 13.0. The SMILES string of the molecule is COc1cccc(OC)c1C(=O)N1CCN(c2ccc(C(C)C)cc2)CC1. The van der Waals surface area contributed by atoms with Crippen molar-refractivity contribution >= 4 is 11.6 Å². The van der Waals surface area contributed by atoms with E-state index in [-0.39, 0.29) is 5.91 Å². The fourth-order valence-electron chi connectivity index (χ4n) is 3.46. The van der Waals surface area contributed by atoms with Crippen LogP contribution < -0.4 is 14.4 Å². The molecule has 5 heteroatoms. The Hall–Kier alpha value is -2.69. The smallest absolute Gasteiger partial charge is 0.261 e. The summed E-state index contributed by atoms with van der Waals surface area (Å²) in [5, 5.41) is 0. The summed E-state index contributed by atoms with van der Waals surface area (Å²) >= 11 is 0. The van der Waals surface area contributed by atoms with Crippen LogP contribution >= 0.6 is 0 Å². The second-order valence-electron chi connectivity index (χ2n) is 7.06. The Morgan fingerprint density at radius 3 is 1.93 bits per heavy atom. The average Bonchev–Trinajstić information content (AvgIpc) is 2.72. The van der Waals surface area contributed by atoms with Gasteiger partial charge in [-0.05, 0) is 35.7 Å². The van der Waals surface area contributed by atoms with E-state index in [1.54, 1.807) is 26.4 Å². The third-order valence-corrected chi connectivity index (χ3v) is 5.13. The number of carbonyl (C=O) groups is 1. The number of anilines is 1. The normalized spacial score (nSPS) is 14.4. The minimum Gasteiger partial charge on any atom is -0.496 e. The molecule has 0 bridgehead atoms. The summed E-state index contributed by atoms with van der Waals surface area (Å²) in [5.41, 5.74) is 3.05. The Morgan fingerprint density at radius 2 is 1.44 bits per heavy atom. The molecule has 0 spiro atoms. The molecule has 3 rings (SSSR count). The highest BCUT2D eigenvalue weighted by atomic mass is 16.5. The number of benzene rings is 2. The number of rotatable bonds is 5. The second kappa shape index (κ2) is 8.33. The van der Waals surface area contributed by atoms with Crippen LogP contribution in [0.15, 0.2) is 42.5 Å². The van der Waals surface area contributed by atoms with Gasteiger partial charge < -0.3 is 19.3 Å². The fourth-order valence-corrected chi connectivity index (χ4v) is 3.46. The molecule has 1 amide bonds. The summed E-state index contributed by atoms with van der Waals surface area (Å²) in [6.07, 6.45) is 0. The number of hydrogen-bond donors (Lipinski definition) is 0. The molecule has 1 aliphatic heterocycles. The standard InChI is InChI=1S/C22H28N2O3/c1-16(2)17-8-10-18(11-9-17)23-12-14-24(15-13-23)22(25)21-19(26-3)6-5-7-20(21)27-4/h5-11,16H,12-15H2,1-4H3. The van der Waals surface area contributed by atoms with Crippen molar-refractivity contribution in [3.8, 4) is 11.5 Å². The molecule has 1 aliphatic rings. The Morgan fingerprint density at radius 1 is 0.889 bits per heavy atom. The number of ether oxygens (including phenoxy) is 2. The van der Waals surface area contributed by atoms with Crippen molar-refractivity contribution in [1.29, 1.82) is 0 Å². The molecule has 2 aromatic carbocycles. The van der Waals surface area contributed by atoms with Crippen LogP contribution in [0.2, 0.25) is 0 Å². The lowest BCUT2D eigenvalue weighted by atomic mass is 10.0. The van der Waals surface area contributed by atoms with E-state index in [1.807, 2.05) is 11.0 Å². The van der Waals surface area contributed by atoms with Crippen molar-refractivity contribution in [2.45, 2.75) is 19.8 Å². The number of methoxy groups -OCH3 is 2. The van der Waals surface area contributed by atoms with E-state index < -0.39 is 0 Å². The number of nitrogens with zero attached hydrogens (tertiary/aromatic N) is 2. The van der Waals surface area contributed by atoms with Crippen LogP contribution in [0.4, 0.5) is 5.69 Å². The van der Waals surface area contributed by atoms with E-state index in [4.69, 9.17) is 9.47 Å². The Balaban J connectivity index is 1.70. The number of carbonyl (C=O) groups excluding carboxylic acids is 1. The first-order valence-electron chi connectivity index (χ1n) is 9.40. The first-order valence-corrected chi connectivity index (χ1v) is 9.40. The topological polar surface area (TPSA) is 42.0 Å². The third kappa shape index (κ3) is 4.02. The van der Waals surface area contributed by atoms with Crippen LogP contribution in [-0.2, 0) is 0 Å². The minimum absolute atomic E-state index is 0.0425. The van der Waals surface area contributed by atoms with Crippen molar-refractivity contribution in [3.05, 3.63) is 53.6 Å². The molecule has 144 valence electrons. The van der Waals surface area contributed by atoms with E-state index >= 15 is 0 Å². The van der Waals surface area contributed by atoms with Crippen LogP contribution in [0.1, 0.15) is 35.7 Å². The number of hydrogen-bond acceptors (Lipinski definition) is 4. The van der Waals surface area contributed by atoms with Crippen molar-refractivity contribution < 1.29 is 14.3 Å². The summed E-state index contributed by atoms with van der Waals surface area (Å²) in [6, 6.07) is 14.2. The van der Waals surface area contributed by atoms with Gasteiger partial charge in [0.05, 0.1) is 14.2 Å². The second-order valence-corrected chi connectivity index (χ2v) is 7.06. The predicted octanol–water partition coefficient (Wildman–Crippen LogP) is 3.79. The van der Waals surface area contributed by atoms with Gasteiger partial charge in [-0.25, -0.2) is 0 Å². The quantitative estimate of drug-likeness (QED) is 0.805. The molecule has 0 atom stereocenters. The molecule has 1 fully saturated rings. The van der Waals surface area contributed by atoms with Gasteiger partial charge in [-0.2, -0.15) is 0 Å². The largest absolute Gasteiger partial charge is 0.496 e. The maximum atomic E-state index is 13.1. The van der Waals surface area contributed by atoms with Gasteiger partial charge in [0, 0.05) is 31.9 Å². The average molecular weight is 368 g/mol. The van der Waals surface area contributed by atoms with Crippen molar-refractivity contribution in [3.63, 3.8) is 0 Å². The summed E-state index contributed by atoms with van der Waals surface area (Å²) < 4.78 is 10.8. The zero-order valence-corrected chi connectivity index (χ0v) is 16.6. The molecular weight excluding hydrogens is 340 g/mol. The van der Waals surface area contributed by atoms with Gasteiger partial charge in [0.1, 0.15) is 17.1 Å². The van der Waals surface area contributed by atoms with Crippen LogP contribution in [0.25, 0.3) is 0 Å². The first kappa shape index (κ1) is 19.1. The zero-order chi connectivity index (χ0) is 19.4. The molecule has 5 nitrogen and oxygen atoms in total. The van der Waals surface area contributed by atoms with Crippen LogP contribution in [0, 0.1) is 0 Å². The van der Waals surface area contributed by atoms with Crippen molar-refractivity contribution in [1.82, 2.24) is 4.90 Å². The molecule has 0 saturated carbocycles. The highest BCUT2D eigenvalue weighted by Crippen LogP contribution is 2.30. The molecule has 0 aliphatic carbocycles. The molecule has 1 saturated heterocycles. The Bertz CT molecular complexity index is 756. The minimum atomic E-state index is -0.0425. The highest BCUT2D eigenvalue weighted by Gasteiger charge is 2.27. The van der Waals surface area contributed by atoms with Gasteiger partial charge in [0.2, 0.25) is 0 Å². The van der Waals surface area contributed by atoms with Crippen molar-refractivity contribution in [2.75, 3.05) is 45.3 Å². The summed E-state index contributed by atoms with van der Waals surface area (Å²) in [7, 11) is 3.15. The van der Waals surface area contributed by atoms with Gasteiger partial charge in [-0.15, -0.1) is 0 Å². The molecule has 2 aromatic rings. The lowest BCUT2D eigenvalue weighted by Gasteiger charge is -2.36. The molecular formula is C22H28N2O3. The van der Waals surface area contributed by atoms with E-state index in [2.05, 4.69) is 43.0 Å². The van der Waals surface area contributed by atoms with E-state index in [0.29, 0.717) is 36.1 Å².